The summed E-state index contributed by atoms with van der Waals surface area (Å²) < 4.78 is 0. The average molecular weight is 268 g/mol. The second-order valence-corrected chi connectivity index (χ2v) is 7.13. The smallest absolute Gasteiger partial charge is 0.0460 e. The minimum absolute atomic E-state index is 0.381. The summed E-state index contributed by atoms with van der Waals surface area (Å²) in [7, 11) is 2.10. The van der Waals surface area contributed by atoms with E-state index in [2.05, 4.69) is 24.2 Å². The number of hydrogen-bond donors (Lipinski definition) is 2. The molecule has 0 radical (unpaired) electrons. The minimum atomic E-state index is 0.381. The highest BCUT2D eigenvalue weighted by Crippen LogP contribution is 2.40. The molecule has 1 aliphatic carbocycles. The van der Waals surface area contributed by atoms with Crippen molar-refractivity contribution in [1.29, 1.82) is 0 Å². The van der Waals surface area contributed by atoms with Crippen LogP contribution >= 0.6 is 0 Å². The third-order valence-electron chi connectivity index (χ3n) is 5.26. The molecule has 2 unspecified atom stereocenters. The van der Waals surface area contributed by atoms with Gasteiger partial charge >= 0.3 is 0 Å². The van der Waals surface area contributed by atoms with Crippen molar-refractivity contribution in [3.05, 3.63) is 0 Å². The number of hydrogen-bond acceptors (Lipinski definition) is 3. The molecule has 0 bridgehead atoms. The van der Waals surface area contributed by atoms with Crippen molar-refractivity contribution in [2.24, 2.45) is 17.3 Å². The van der Waals surface area contributed by atoms with Gasteiger partial charge in [0.05, 0.1) is 0 Å². The molecule has 1 aliphatic heterocycles. The predicted molar refractivity (Wildman–Crippen MR) is 80.2 cm³/mol. The van der Waals surface area contributed by atoms with Crippen molar-refractivity contribution >= 4 is 0 Å². The van der Waals surface area contributed by atoms with Crippen LogP contribution in [0.25, 0.3) is 0 Å². The fourth-order valence-corrected chi connectivity index (χ4v) is 4.31. The van der Waals surface area contributed by atoms with Crippen molar-refractivity contribution in [3.8, 4) is 0 Å². The lowest BCUT2D eigenvalue weighted by Crippen LogP contribution is -2.48. The first kappa shape index (κ1) is 15.3. The number of nitrogens with one attached hydrogen (secondary N) is 1. The Morgan fingerprint density at radius 1 is 1.26 bits per heavy atom. The lowest BCUT2D eigenvalue weighted by Gasteiger charge is -2.45. The van der Waals surface area contributed by atoms with E-state index < -0.39 is 0 Å². The molecule has 0 aromatic rings. The van der Waals surface area contributed by atoms with Crippen molar-refractivity contribution in [2.75, 3.05) is 39.8 Å². The first-order valence-electron chi connectivity index (χ1n) is 8.15. The monoisotopic (exact) mass is 268 g/mol. The van der Waals surface area contributed by atoms with E-state index in [0.29, 0.717) is 17.9 Å². The van der Waals surface area contributed by atoms with Crippen molar-refractivity contribution < 1.29 is 5.11 Å². The number of likely N-dealkylation sites (tertiary alicyclic amines) is 1. The third-order valence-corrected chi connectivity index (χ3v) is 5.26. The summed E-state index contributed by atoms with van der Waals surface area (Å²) >= 11 is 0. The summed E-state index contributed by atoms with van der Waals surface area (Å²) in [5.41, 5.74) is 0.498. The van der Waals surface area contributed by atoms with Gasteiger partial charge < -0.3 is 15.3 Å². The summed E-state index contributed by atoms with van der Waals surface area (Å²) in [4.78, 5) is 2.65. The van der Waals surface area contributed by atoms with Gasteiger partial charge in [-0.3, -0.25) is 0 Å². The van der Waals surface area contributed by atoms with Crippen LogP contribution in [0.2, 0.25) is 0 Å². The van der Waals surface area contributed by atoms with Crippen LogP contribution in [0.1, 0.15) is 45.4 Å². The molecule has 2 N–H and O–H groups in total. The van der Waals surface area contributed by atoms with E-state index in [9.17, 15) is 5.11 Å². The summed E-state index contributed by atoms with van der Waals surface area (Å²) in [6, 6.07) is 0. The van der Waals surface area contributed by atoms with E-state index in [1.807, 2.05) is 0 Å². The van der Waals surface area contributed by atoms with E-state index in [1.165, 1.54) is 58.2 Å². The Labute approximate surface area is 118 Å². The van der Waals surface area contributed by atoms with E-state index in [-0.39, 0.29) is 0 Å². The van der Waals surface area contributed by atoms with Gasteiger partial charge in [-0.15, -0.1) is 0 Å². The summed E-state index contributed by atoms with van der Waals surface area (Å²) in [6.45, 7) is 7.60. The maximum atomic E-state index is 9.24. The molecule has 2 fully saturated rings. The van der Waals surface area contributed by atoms with Gasteiger partial charge in [0.15, 0.2) is 0 Å². The van der Waals surface area contributed by atoms with Crippen LogP contribution in [0.3, 0.4) is 0 Å². The summed E-state index contributed by atoms with van der Waals surface area (Å²) in [6.07, 6.45) is 7.95. The maximum Gasteiger partial charge on any atom is 0.0460 e. The van der Waals surface area contributed by atoms with Gasteiger partial charge in [-0.1, -0.05) is 19.8 Å². The van der Waals surface area contributed by atoms with Crippen molar-refractivity contribution in [3.63, 3.8) is 0 Å². The minimum Gasteiger partial charge on any atom is -0.396 e. The van der Waals surface area contributed by atoms with Crippen LogP contribution in [0, 0.1) is 17.3 Å². The summed E-state index contributed by atoms with van der Waals surface area (Å²) in [5, 5.41) is 12.7. The lowest BCUT2D eigenvalue weighted by atomic mass is 9.69. The Bertz CT molecular complexity index is 259. The standard InChI is InChI=1S/C16H32N2O/c1-14-4-3-7-16(10-14,12-17-2)13-18-8-5-15(11-19)6-9-18/h14-15,17,19H,3-13H2,1-2H3. The van der Waals surface area contributed by atoms with Crippen LogP contribution < -0.4 is 5.32 Å². The first-order valence-corrected chi connectivity index (χ1v) is 8.15. The number of nitrogens with zero attached hydrogens (tertiary/aromatic N) is 1. The highest BCUT2D eigenvalue weighted by Gasteiger charge is 2.36. The molecule has 19 heavy (non-hydrogen) atoms. The van der Waals surface area contributed by atoms with Gasteiger partial charge in [-0.05, 0) is 63.1 Å². The highest BCUT2D eigenvalue weighted by atomic mass is 16.3. The molecular weight excluding hydrogens is 236 g/mol. The van der Waals surface area contributed by atoms with Crippen molar-refractivity contribution in [2.45, 2.75) is 45.4 Å². The number of rotatable bonds is 5. The van der Waals surface area contributed by atoms with Crippen molar-refractivity contribution in [1.82, 2.24) is 10.2 Å². The highest BCUT2D eigenvalue weighted by molar-refractivity contribution is 4.90. The van der Waals surface area contributed by atoms with Crippen LogP contribution in [0.5, 0.6) is 0 Å². The largest absolute Gasteiger partial charge is 0.396 e. The second kappa shape index (κ2) is 7.05. The molecule has 0 amide bonds. The zero-order chi connectivity index (χ0) is 13.7. The predicted octanol–water partition coefficient (Wildman–Crippen LogP) is 2.11. The zero-order valence-electron chi connectivity index (χ0n) is 12.8. The molecule has 0 aromatic carbocycles. The van der Waals surface area contributed by atoms with Crippen LogP contribution in [0.4, 0.5) is 0 Å². The Kier molecular flexibility index (Phi) is 5.67. The van der Waals surface area contributed by atoms with E-state index in [0.717, 1.165) is 12.5 Å². The fourth-order valence-electron chi connectivity index (χ4n) is 4.31. The van der Waals surface area contributed by atoms with Gasteiger partial charge in [-0.25, -0.2) is 0 Å². The molecule has 1 saturated heterocycles. The van der Waals surface area contributed by atoms with E-state index in [1.54, 1.807) is 0 Å². The Balaban J connectivity index is 1.89. The Morgan fingerprint density at radius 3 is 2.58 bits per heavy atom. The van der Waals surface area contributed by atoms with Crippen LogP contribution in [-0.2, 0) is 0 Å². The van der Waals surface area contributed by atoms with E-state index in [4.69, 9.17) is 0 Å². The second-order valence-electron chi connectivity index (χ2n) is 7.13. The van der Waals surface area contributed by atoms with Gasteiger partial charge in [0.1, 0.15) is 0 Å². The third kappa shape index (κ3) is 4.17. The number of piperidine rings is 1. The first-order chi connectivity index (χ1) is 9.17. The van der Waals surface area contributed by atoms with Gasteiger partial charge in [-0.2, -0.15) is 0 Å². The molecule has 1 heterocycles. The Morgan fingerprint density at radius 2 is 2.00 bits per heavy atom. The quantitative estimate of drug-likeness (QED) is 0.801. The molecule has 2 aliphatic rings. The molecule has 3 heteroatoms. The van der Waals surface area contributed by atoms with Gasteiger partial charge in [0.25, 0.3) is 0 Å². The van der Waals surface area contributed by atoms with Crippen LogP contribution in [0.15, 0.2) is 0 Å². The Hall–Kier alpha value is -0.120. The molecule has 1 saturated carbocycles. The molecule has 0 aromatic heterocycles. The maximum absolute atomic E-state index is 9.24. The van der Waals surface area contributed by atoms with Gasteiger partial charge in [0.2, 0.25) is 0 Å². The molecule has 112 valence electrons. The molecule has 0 spiro atoms. The average Bonchev–Trinajstić information content (AvgIpc) is 2.40. The zero-order valence-corrected chi connectivity index (χ0v) is 12.8. The molecule has 3 nitrogen and oxygen atoms in total. The molecule has 2 rings (SSSR count). The van der Waals surface area contributed by atoms with Gasteiger partial charge in [0, 0.05) is 19.7 Å². The molecular formula is C16H32N2O. The lowest BCUT2D eigenvalue weighted by molar-refractivity contribution is 0.0538. The SMILES string of the molecule is CNCC1(CN2CCC(CO)CC2)CCCC(C)C1. The number of aliphatic hydroxyl groups excluding tert-OH is 1. The van der Waals surface area contributed by atoms with Crippen LogP contribution in [-0.4, -0.2) is 49.8 Å². The number of aliphatic hydroxyl groups is 1. The molecule has 2 atom stereocenters. The fraction of sp³-hybridized carbons (Fsp3) is 1.00. The topological polar surface area (TPSA) is 35.5 Å². The summed E-state index contributed by atoms with van der Waals surface area (Å²) in [5.74, 6) is 1.44. The normalized spacial score (nSPS) is 34.6. The van der Waals surface area contributed by atoms with E-state index >= 15 is 0 Å².